The molecule has 3 heterocycles. The fourth-order valence-electron chi connectivity index (χ4n) is 5.32. The second-order valence-corrected chi connectivity index (χ2v) is 11.2. The molecule has 13 nitrogen and oxygen atoms in total. The molecule has 43 heavy (non-hydrogen) atoms. The normalized spacial score (nSPS) is 19.4. The van der Waals surface area contributed by atoms with E-state index in [2.05, 4.69) is 25.8 Å². The highest BCUT2D eigenvalue weighted by Gasteiger charge is 2.30. The summed E-state index contributed by atoms with van der Waals surface area (Å²) in [7, 11) is 0. The smallest absolute Gasteiger partial charge is 0.254 e. The monoisotopic (exact) mass is 626 g/mol. The number of carbonyl (C=O) groups excluding carboxylic acids is 3. The van der Waals surface area contributed by atoms with E-state index in [1.54, 1.807) is 35.5 Å². The van der Waals surface area contributed by atoms with Crippen molar-refractivity contribution < 1.29 is 24.6 Å². The first kappa shape index (κ1) is 30.2. The lowest BCUT2D eigenvalue weighted by molar-refractivity contribution is -0.109. The number of guanidine groups is 1. The number of amides is 2. The van der Waals surface area contributed by atoms with Crippen molar-refractivity contribution in [3.8, 4) is 6.19 Å². The number of halogens is 2. The van der Waals surface area contributed by atoms with Crippen LogP contribution in [0.3, 0.4) is 0 Å². The van der Waals surface area contributed by atoms with Gasteiger partial charge in [0.25, 0.3) is 11.8 Å². The number of aromatic nitrogens is 2. The lowest BCUT2D eigenvalue weighted by Crippen LogP contribution is -2.52. The summed E-state index contributed by atoms with van der Waals surface area (Å²) in [6.45, 7) is 0.646. The van der Waals surface area contributed by atoms with Crippen molar-refractivity contribution >= 4 is 58.2 Å². The number of hydrogen-bond acceptors (Lipinski definition) is 8. The maximum Gasteiger partial charge on any atom is 0.254 e. The van der Waals surface area contributed by atoms with Crippen LogP contribution in [0.25, 0.3) is 10.9 Å². The largest absolute Gasteiger partial charge is 0.391 e. The van der Waals surface area contributed by atoms with Crippen LogP contribution in [0.1, 0.15) is 38.3 Å². The number of carbonyl (C=O) groups is 3. The number of nitriles is 1. The molecule has 0 saturated carbocycles. The molecule has 2 amide bonds. The fraction of sp³-hybridized carbons (Fsp3) is 0.357. The summed E-state index contributed by atoms with van der Waals surface area (Å²) in [4.78, 5) is 45.7. The highest BCUT2D eigenvalue weighted by molar-refractivity contribution is 6.40. The van der Waals surface area contributed by atoms with Crippen LogP contribution < -0.4 is 10.6 Å². The number of hydrogen-bond donors (Lipinski definition) is 5. The molecule has 0 spiro atoms. The topological polar surface area (TPSA) is 187 Å². The molecule has 3 atom stereocenters. The zero-order valence-electron chi connectivity index (χ0n) is 22.8. The van der Waals surface area contributed by atoms with Crippen LogP contribution in [0.2, 0.25) is 10.0 Å². The van der Waals surface area contributed by atoms with E-state index in [-0.39, 0.29) is 60.1 Å². The Morgan fingerprint density at radius 3 is 2.72 bits per heavy atom. The molecule has 2 aliphatic heterocycles. The van der Waals surface area contributed by atoms with Gasteiger partial charge in [-0.15, -0.1) is 0 Å². The molecule has 2 aliphatic rings. The number of aliphatic hydroxyl groups is 2. The molecule has 5 N–H and O–H groups in total. The van der Waals surface area contributed by atoms with Crippen LogP contribution in [0, 0.1) is 11.5 Å². The summed E-state index contributed by atoms with van der Waals surface area (Å²) in [5, 5.41) is 42.0. The van der Waals surface area contributed by atoms with Crippen molar-refractivity contribution in [2.45, 2.75) is 37.6 Å². The Hall–Kier alpha value is -4.22. The molecular formula is C28H28Cl2N8O5. The summed E-state index contributed by atoms with van der Waals surface area (Å²) in [6.07, 6.45) is 2.87. The standard InChI is InChI=1S/C28H28Cl2N8O5/c29-22-5-17-10-37(27(43)15-1-2-16-8-34-36-23(16)6-15)4-3-21(17)25(30)24(22)26(42)35-18(13-39)9-32-28(33-14-31)38-11-19(40)7-20(41)12-38/h1-2,5-6,8,13,18-20,40-41H,3-4,7,9-12H2,(H,32,33)(H,34,36)(H,35,42)/t18-,19-,20+/m0/s1. The van der Waals surface area contributed by atoms with Gasteiger partial charge in [0, 0.05) is 43.5 Å². The number of H-pyrrole nitrogens is 1. The number of aliphatic imine (C=N–C) groups is 1. The Kier molecular flexibility index (Phi) is 9.12. The molecule has 0 unspecified atom stereocenters. The maximum atomic E-state index is 13.2. The lowest BCUT2D eigenvalue weighted by atomic mass is 9.96. The highest BCUT2D eigenvalue weighted by Crippen LogP contribution is 2.35. The third-order valence-corrected chi connectivity index (χ3v) is 8.12. The van der Waals surface area contributed by atoms with Gasteiger partial charge in [-0.1, -0.05) is 29.3 Å². The summed E-state index contributed by atoms with van der Waals surface area (Å²) in [5.41, 5.74) is 2.67. The quantitative estimate of drug-likeness (QED) is 0.0881. The molecule has 5 rings (SSSR count). The van der Waals surface area contributed by atoms with Crippen LogP contribution in [-0.2, 0) is 17.8 Å². The van der Waals surface area contributed by atoms with Crippen LogP contribution in [0.15, 0.2) is 35.5 Å². The van der Waals surface area contributed by atoms with Crippen LogP contribution in [0.4, 0.5) is 0 Å². The minimum absolute atomic E-state index is 0.0000319. The SMILES string of the molecule is N#CNC(=NC[C@@H](C=O)NC(=O)c1c(Cl)cc2c(c1Cl)CCN(C(=O)c1ccc3cn[nH]c3c1)C2)N1C[C@H](O)C[C@H](O)C1. The first-order chi connectivity index (χ1) is 20.7. The van der Waals surface area contributed by atoms with E-state index in [1.165, 1.54) is 4.90 Å². The number of aliphatic hydroxyl groups excluding tert-OH is 2. The second-order valence-electron chi connectivity index (χ2n) is 10.4. The number of β-amino-alcohol motifs (C(OH)–C–C–N with tert-alkyl or cyclic N) is 2. The van der Waals surface area contributed by atoms with E-state index in [9.17, 15) is 24.6 Å². The second kappa shape index (κ2) is 13.0. The number of likely N-dealkylation sites (tertiary alicyclic amines) is 1. The van der Waals surface area contributed by atoms with Gasteiger partial charge in [0.2, 0.25) is 5.96 Å². The van der Waals surface area contributed by atoms with Crippen LogP contribution >= 0.6 is 23.2 Å². The number of piperidine rings is 1. The van der Waals surface area contributed by atoms with E-state index in [4.69, 9.17) is 28.5 Å². The molecule has 15 heteroatoms. The van der Waals surface area contributed by atoms with Crippen molar-refractivity contribution in [1.29, 1.82) is 5.26 Å². The molecule has 0 aliphatic carbocycles. The summed E-state index contributed by atoms with van der Waals surface area (Å²) in [5.74, 6) is -0.797. The number of benzene rings is 2. The first-order valence-corrected chi connectivity index (χ1v) is 14.2. The minimum Gasteiger partial charge on any atom is -0.391 e. The van der Waals surface area contributed by atoms with Gasteiger partial charge in [0.15, 0.2) is 6.19 Å². The zero-order valence-corrected chi connectivity index (χ0v) is 24.3. The Labute approximate surface area is 256 Å². The minimum atomic E-state index is -1.09. The van der Waals surface area contributed by atoms with Gasteiger partial charge in [0.05, 0.1) is 46.1 Å². The van der Waals surface area contributed by atoms with Gasteiger partial charge in [0.1, 0.15) is 12.3 Å². The van der Waals surface area contributed by atoms with Crippen molar-refractivity contribution in [1.82, 2.24) is 30.6 Å². The van der Waals surface area contributed by atoms with Gasteiger partial charge in [-0.2, -0.15) is 10.4 Å². The number of aromatic amines is 1. The van der Waals surface area contributed by atoms with E-state index in [0.717, 1.165) is 10.9 Å². The van der Waals surface area contributed by atoms with E-state index in [0.29, 0.717) is 35.9 Å². The van der Waals surface area contributed by atoms with Gasteiger partial charge < -0.3 is 30.1 Å². The maximum absolute atomic E-state index is 13.2. The number of nitrogens with one attached hydrogen (secondary N) is 3. The van der Waals surface area contributed by atoms with Crippen molar-refractivity contribution in [3.63, 3.8) is 0 Å². The Morgan fingerprint density at radius 2 is 2.00 bits per heavy atom. The third-order valence-electron chi connectivity index (χ3n) is 7.40. The van der Waals surface area contributed by atoms with Gasteiger partial charge in [-0.05, 0) is 35.7 Å². The molecule has 1 aromatic heterocycles. The average Bonchev–Trinajstić information content (AvgIpc) is 3.45. The van der Waals surface area contributed by atoms with Crippen LogP contribution in [0.5, 0.6) is 0 Å². The van der Waals surface area contributed by atoms with Gasteiger partial charge >= 0.3 is 0 Å². The molecule has 1 fully saturated rings. The Balaban J connectivity index is 1.29. The van der Waals surface area contributed by atoms with E-state index < -0.39 is 24.2 Å². The molecule has 224 valence electrons. The van der Waals surface area contributed by atoms with E-state index in [1.807, 2.05) is 6.07 Å². The Morgan fingerprint density at radius 1 is 1.23 bits per heavy atom. The third kappa shape index (κ3) is 6.57. The predicted octanol–water partition coefficient (Wildman–Crippen LogP) is 1.22. The molecular weight excluding hydrogens is 599 g/mol. The molecule has 3 aromatic rings. The number of rotatable bonds is 6. The lowest BCUT2D eigenvalue weighted by Gasteiger charge is -2.34. The zero-order chi connectivity index (χ0) is 30.7. The van der Waals surface area contributed by atoms with Crippen molar-refractivity contribution in [3.05, 3.63) is 62.8 Å². The summed E-state index contributed by atoms with van der Waals surface area (Å²) >= 11 is 13.2. The summed E-state index contributed by atoms with van der Waals surface area (Å²) < 4.78 is 0. The number of nitrogens with zero attached hydrogens (tertiary/aromatic N) is 5. The molecule has 0 radical (unpaired) electrons. The van der Waals surface area contributed by atoms with Crippen molar-refractivity contribution in [2.24, 2.45) is 4.99 Å². The molecule has 2 aromatic carbocycles. The summed E-state index contributed by atoms with van der Waals surface area (Å²) in [6, 6.07) is 5.83. The fourth-order valence-corrected chi connectivity index (χ4v) is 6.09. The highest BCUT2D eigenvalue weighted by atomic mass is 35.5. The number of aldehydes is 1. The van der Waals surface area contributed by atoms with Gasteiger partial charge in [-0.25, -0.2) is 4.99 Å². The van der Waals surface area contributed by atoms with Crippen LogP contribution in [-0.4, -0.2) is 98.7 Å². The Bertz CT molecular complexity index is 1630. The van der Waals surface area contributed by atoms with E-state index >= 15 is 0 Å². The van der Waals surface area contributed by atoms with Gasteiger partial charge in [-0.3, -0.25) is 20.0 Å². The first-order valence-electron chi connectivity index (χ1n) is 13.5. The molecule has 1 saturated heterocycles. The predicted molar refractivity (Wildman–Crippen MR) is 158 cm³/mol. The average molecular weight is 627 g/mol. The van der Waals surface area contributed by atoms with Crippen molar-refractivity contribution in [2.75, 3.05) is 26.2 Å². The molecule has 0 bridgehead atoms. The number of fused-ring (bicyclic) bond motifs is 2.